The first-order valence-corrected chi connectivity index (χ1v) is 10.3. The number of ether oxygens (including phenoxy) is 1. The molecule has 0 saturated carbocycles. The average Bonchev–Trinajstić information content (AvgIpc) is 3.14. The maximum atomic E-state index is 12.8. The van der Waals surface area contributed by atoms with Gasteiger partial charge < -0.3 is 9.64 Å². The summed E-state index contributed by atoms with van der Waals surface area (Å²) in [4.78, 5) is 28.0. The Labute approximate surface area is 168 Å². The largest absolute Gasteiger partial charge is 0.437 e. The minimum absolute atomic E-state index is 0.113. The summed E-state index contributed by atoms with van der Waals surface area (Å²) in [7, 11) is 0. The van der Waals surface area contributed by atoms with E-state index >= 15 is 0 Å². The van der Waals surface area contributed by atoms with Gasteiger partial charge in [0.05, 0.1) is 17.1 Å². The lowest BCUT2D eigenvalue weighted by Gasteiger charge is -2.32. The van der Waals surface area contributed by atoms with Crippen molar-refractivity contribution in [3.8, 4) is 11.6 Å². The Hall–Kier alpha value is -2.80. The molecule has 0 bridgehead atoms. The predicted molar refractivity (Wildman–Crippen MR) is 108 cm³/mol. The molecule has 0 unspecified atom stereocenters. The quantitative estimate of drug-likeness (QED) is 0.655. The molecule has 1 amide bonds. The highest BCUT2D eigenvalue weighted by Crippen LogP contribution is 2.32. The topological polar surface area (TPSA) is 68.2 Å². The number of aryl methyl sites for hydroxylation is 1. The number of amides is 1. The molecule has 0 aliphatic carbocycles. The molecule has 28 heavy (non-hydrogen) atoms. The van der Waals surface area contributed by atoms with Crippen molar-refractivity contribution in [2.75, 3.05) is 13.1 Å². The molecule has 0 radical (unpaired) electrons. The first kappa shape index (κ1) is 18.6. The standard InChI is InChI=1S/C21H22N4O2S/c1-15-24-17(14-28-15)12-19(26)25-11-5-6-16(13-25)20-21(23-10-9-22-20)27-18-7-3-2-4-8-18/h2-4,7-10,14,16H,5-6,11-13H2,1H3/t16-/m1/s1. The van der Waals surface area contributed by atoms with E-state index in [1.54, 1.807) is 23.7 Å². The molecule has 1 aliphatic rings. The number of carbonyl (C=O) groups is 1. The number of piperidine rings is 1. The predicted octanol–water partition coefficient (Wildman–Crippen LogP) is 3.98. The van der Waals surface area contributed by atoms with Gasteiger partial charge in [-0.3, -0.25) is 9.78 Å². The number of rotatable bonds is 5. The van der Waals surface area contributed by atoms with Crippen LogP contribution >= 0.6 is 11.3 Å². The van der Waals surface area contributed by atoms with Gasteiger partial charge >= 0.3 is 0 Å². The van der Waals surface area contributed by atoms with E-state index in [0.29, 0.717) is 18.8 Å². The van der Waals surface area contributed by atoms with Crippen LogP contribution in [0.4, 0.5) is 0 Å². The molecular formula is C21H22N4O2S. The zero-order valence-electron chi connectivity index (χ0n) is 15.7. The number of hydrogen-bond donors (Lipinski definition) is 0. The van der Waals surface area contributed by atoms with Crippen LogP contribution in [-0.4, -0.2) is 38.8 Å². The van der Waals surface area contributed by atoms with Gasteiger partial charge in [-0.05, 0) is 31.9 Å². The first-order valence-electron chi connectivity index (χ1n) is 9.41. The fourth-order valence-electron chi connectivity index (χ4n) is 3.48. The molecule has 0 N–H and O–H groups in total. The van der Waals surface area contributed by atoms with Crippen molar-refractivity contribution in [3.05, 3.63) is 64.5 Å². The normalized spacial score (nSPS) is 16.8. The Morgan fingerprint density at radius 3 is 2.86 bits per heavy atom. The minimum atomic E-state index is 0.113. The Balaban J connectivity index is 1.48. The summed E-state index contributed by atoms with van der Waals surface area (Å²) < 4.78 is 5.97. The van der Waals surface area contributed by atoms with Crippen molar-refractivity contribution in [1.82, 2.24) is 19.9 Å². The van der Waals surface area contributed by atoms with E-state index in [2.05, 4.69) is 15.0 Å². The fourth-order valence-corrected chi connectivity index (χ4v) is 4.09. The summed E-state index contributed by atoms with van der Waals surface area (Å²) in [5, 5.41) is 2.95. The summed E-state index contributed by atoms with van der Waals surface area (Å²) in [5.74, 6) is 1.47. The molecule has 2 aromatic heterocycles. The number of aromatic nitrogens is 3. The molecule has 6 nitrogen and oxygen atoms in total. The van der Waals surface area contributed by atoms with E-state index in [1.807, 2.05) is 47.5 Å². The Bertz CT molecular complexity index is 944. The van der Waals surface area contributed by atoms with Gasteiger partial charge in [0.2, 0.25) is 11.8 Å². The SMILES string of the molecule is Cc1nc(CC(=O)N2CCC[C@@H](c3nccnc3Oc3ccccc3)C2)cs1. The van der Waals surface area contributed by atoms with E-state index in [0.717, 1.165) is 41.5 Å². The second kappa shape index (κ2) is 8.48. The zero-order valence-corrected chi connectivity index (χ0v) is 16.6. The van der Waals surface area contributed by atoms with Gasteiger partial charge in [-0.15, -0.1) is 11.3 Å². The van der Waals surface area contributed by atoms with Gasteiger partial charge in [-0.25, -0.2) is 9.97 Å². The van der Waals surface area contributed by atoms with E-state index < -0.39 is 0 Å². The summed E-state index contributed by atoms with van der Waals surface area (Å²) in [6, 6.07) is 9.58. The van der Waals surface area contributed by atoms with Crippen LogP contribution in [0, 0.1) is 6.92 Å². The van der Waals surface area contributed by atoms with Gasteiger partial charge in [0.15, 0.2) is 0 Å². The fraction of sp³-hybridized carbons (Fsp3) is 0.333. The monoisotopic (exact) mass is 394 g/mol. The number of para-hydroxylation sites is 1. The van der Waals surface area contributed by atoms with E-state index in [9.17, 15) is 4.79 Å². The van der Waals surface area contributed by atoms with Gasteiger partial charge in [0, 0.05) is 36.8 Å². The molecule has 1 saturated heterocycles. The summed E-state index contributed by atoms with van der Waals surface area (Å²) >= 11 is 1.58. The number of carbonyl (C=O) groups excluding carboxylic acids is 1. The third-order valence-corrected chi connectivity index (χ3v) is 5.63. The number of nitrogens with zero attached hydrogens (tertiary/aromatic N) is 4. The van der Waals surface area contributed by atoms with Gasteiger partial charge in [0.1, 0.15) is 11.4 Å². The molecule has 0 spiro atoms. The number of thiazole rings is 1. The smallest absolute Gasteiger partial charge is 0.241 e. The number of benzene rings is 1. The van der Waals surface area contributed by atoms with E-state index in [1.165, 1.54) is 0 Å². The van der Waals surface area contributed by atoms with E-state index in [4.69, 9.17) is 4.74 Å². The van der Waals surface area contributed by atoms with Crippen LogP contribution in [0.2, 0.25) is 0 Å². The Morgan fingerprint density at radius 2 is 2.07 bits per heavy atom. The summed E-state index contributed by atoms with van der Waals surface area (Å²) in [6.45, 7) is 3.36. The molecule has 3 heterocycles. The molecule has 1 aromatic carbocycles. The second-order valence-electron chi connectivity index (χ2n) is 6.88. The molecule has 3 aromatic rings. The molecule has 144 valence electrons. The minimum Gasteiger partial charge on any atom is -0.437 e. The van der Waals surface area contributed by atoms with Crippen LogP contribution in [0.1, 0.15) is 35.2 Å². The van der Waals surface area contributed by atoms with Crippen LogP contribution in [0.15, 0.2) is 48.1 Å². The molecule has 1 fully saturated rings. The average molecular weight is 395 g/mol. The van der Waals surface area contributed by atoms with Crippen molar-refractivity contribution >= 4 is 17.2 Å². The molecule has 1 atom stereocenters. The van der Waals surface area contributed by atoms with Crippen molar-refractivity contribution in [2.45, 2.75) is 32.1 Å². The third-order valence-electron chi connectivity index (χ3n) is 4.81. The van der Waals surface area contributed by atoms with Crippen LogP contribution < -0.4 is 4.74 Å². The lowest BCUT2D eigenvalue weighted by atomic mass is 9.94. The Kier molecular flexibility index (Phi) is 5.62. The van der Waals surface area contributed by atoms with Crippen LogP contribution in [-0.2, 0) is 11.2 Å². The van der Waals surface area contributed by atoms with Gasteiger partial charge in [0.25, 0.3) is 0 Å². The lowest BCUT2D eigenvalue weighted by molar-refractivity contribution is -0.131. The maximum absolute atomic E-state index is 12.8. The maximum Gasteiger partial charge on any atom is 0.241 e. The number of hydrogen-bond acceptors (Lipinski definition) is 6. The van der Waals surface area contributed by atoms with Gasteiger partial charge in [-0.2, -0.15) is 0 Å². The summed E-state index contributed by atoms with van der Waals surface area (Å²) in [6.07, 6.45) is 5.58. The highest BCUT2D eigenvalue weighted by molar-refractivity contribution is 7.09. The van der Waals surface area contributed by atoms with Crippen molar-refractivity contribution in [1.29, 1.82) is 0 Å². The first-order chi connectivity index (χ1) is 13.7. The lowest BCUT2D eigenvalue weighted by Crippen LogP contribution is -2.40. The van der Waals surface area contributed by atoms with Crippen LogP contribution in [0.5, 0.6) is 11.6 Å². The van der Waals surface area contributed by atoms with Gasteiger partial charge in [-0.1, -0.05) is 18.2 Å². The molecule has 1 aliphatic heterocycles. The Morgan fingerprint density at radius 1 is 1.25 bits per heavy atom. The number of likely N-dealkylation sites (tertiary alicyclic amines) is 1. The second-order valence-corrected chi connectivity index (χ2v) is 7.94. The summed E-state index contributed by atoms with van der Waals surface area (Å²) in [5.41, 5.74) is 1.66. The van der Waals surface area contributed by atoms with Crippen LogP contribution in [0.3, 0.4) is 0 Å². The third kappa shape index (κ3) is 4.36. The molecule has 4 rings (SSSR count). The molecule has 7 heteroatoms. The van der Waals surface area contributed by atoms with Crippen LogP contribution in [0.25, 0.3) is 0 Å². The van der Waals surface area contributed by atoms with Crippen molar-refractivity contribution in [3.63, 3.8) is 0 Å². The van der Waals surface area contributed by atoms with Crippen molar-refractivity contribution < 1.29 is 9.53 Å². The zero-order chi connectivity index (χ0) is 19.3. The molecular weight excluding hydrogens is 372 g/mol. The van der Waals surface area contributed by atoms with E-state index in [-0.39, 0.29) is 11.8 Å². The highest BCUT2D eigenvalue weighted by atomic mass is 32.1. The highest BCUT2D eigenvalue weighted by Gasteiger charge is 2.28. The van der Waals surface area contributed by atoms with Crippen molar-refractivity contribution in [2.24, 2.45) is 0 Å².